The van der Waals surface area contributed by atoms with E-state index in [1.807, 2.05) is 6.20 Å². The van der Waals surface area contributed by atoms with E-state index >= 15 is 0 Å². The minimum atomic E-state index is 0.197. The third-order valence-corrected chi connectivity index (χ3v) is 2.85. The summed E-state index contributed by atoms with van der Waals surface area (Å²) in [6.07, 6.45) is 4.81. The zero-order valence-corrected chi connectivity index (χ0v) is 10.6. The molecule has 2 nitrogen and oxygen atoms in total. The Morgan fingerprint density at radius 1 is 1.43 bits per heavy atom. The topological polar surface area (TPSA) is 24.9 Å². The first-order valence-corrected chi connectivity index (χ1v) is 5.67. The van der Waals surface area contributed by atoms with Crippen molar-refractivity contribution in [3.8, 4) is 0 Å². The van der Waals surface area contributed by atoms with Gasteiger partial charge in [0.05, 0.1) is 0 Å². The molecule has 1 N–H and O–H groups in total. The number of pyridine rings is 1. The number of hydrogen-bond donors (Lipinski definition) is 1. The second-order valence-corrected chi connectivity index (χ2v) is 5.02. The summed E-state index contributed by atoms with van der Waals surface area (Å²) in [4.78, 5) is 4.12. The Balaban J connectivity index is 2.54. The van der Waals surface area contributed by atoms with Gasteiger partial charge in [-0.1, -0.05) is 6.92 Å². The lowest BCUT2D eigenvalue weighted by atomic mass is 10.0. The van der Waals surface area contributed by atoms with Gasteiger partial charge in [-0.2, -0.15) is 0 Å². The van der Waals surface area contributed by atoms with E-state index in [2.05, 4.69) is 53.1 Å². The fraction of sp³-hybridized carbons (Fsp3) is 0.545. The van der Waals surface area contributed by atoms with Crippen molar-refractivity contribution >= 4 is 15.9 Å². The second-order valence-electron chi connectivity index (χ2n) is 4.10. The van der Waals surface area contributed by atoms with Gasteiger partial charge in [-0.3, -0.25) is 4.98 Å². The maximum Gasteiger partial charge on any atom is 0.0410 e. The molecule has 0 spiro atoms. The molecule has 1 aromatic rings. The van der Waals surface area contributed by atoms with Gasteiger partial charge in [0, 0.05) is 29.0 Å². The van der Waals surface area contributed by atoms with Crippen LogP contribution in [0.1, 0.15) is 32.8 Å². The molecule has 0 fully saturated rings. The van der Waals surface area contributed by atoms with Crippen LogP contribution < -0.4 is 5.32 Å². The number of nitrogens with one attached hydrogen (secondary N) is 1. The van der Waals surface area contributed by atoms with Crippen LogP contribution in [0.2, 0.25) is 0 Å². The molecule has 1 heterocycles. The highest BCUT2D eigenvalue weighted by atomic mass is 79.9. The van der Waals surface area contributed by atoms with Crippen LogP contribution in [-0.2, 0) is 6.54 Å². The molecule has 0 unspecified atom stereocenters. The molecular weight excluding hydrogens is 240 g/mol. The van der Waals surface area contributed by atoms with Gasteiger partial charge in [-0.05, 0) is 47.8 Å². The van der Waals surface area contributed by atoms with Crippen LogP contribution in [-0.4, -0.2) is 10.5 Å². The van der Waals surface area contributed by atoms with Crippen molar-refractivity contribution in [2.75, 3.05) is 0 Å². The molecule has 0 aromatic carbocycles. The average molecular weight is 257 g/mol. The minimum absolute atomic E-state index is 0.197. The number of rotatable bonds is 4. The van der Waals surface area contributed by atoms with Crippen LogP contribution in [0.25, 0.3) is 0 Å². The normalized spacial score (nSPS) is 11.7. The van der Waals surface area contributed by atoms with E-state index in [-0.39, 0.29) is 5.54 Å². The first-order valence-electron chi connectivity index (χ1n) is 4.88. The molecule has 0 aliphatic rings. The Morgan fingerprint density at radius 2 is 2.14 bits per heavy atom. The zero-order valence-electron chi connectivity index (χ0n) is 8.97. The number of aromatic nitrogens is 1. The molecule has 3 heteroatoms. The monoisotopic (exact) mass is 256 g/mol. The van der Waals surface area contributed by atoms with Crippen LogP contribution in [0.4, 0.5) is 0 Å². The van der Waals surface area contributed by atoms with Crippen LogP contribution in [0, 0.1) is 0 Å². The van der Waals surface area contributed by atoms with E-state index in [9.17, 15) is 0 Å². The first-order chi connectivity index (χ1) is 6.53. The molecule has 0 bridgehead atoms. The van der Waals surface area contributed by atoms with Crippen LogP contribution in [0.5, 0.6) is 0 Å². The Labute approximate surface area is 94.3 Å². The molecule has 0 saturated heterocycles. The minimum Gasteiger partial charge on any atom is -0.308 e. The molecule has 0 saturated carbocycles. The molecule has 0 aliphatic carbocycles. The summed E-state index contributed by atoms with van der Waals surface area (Å²) < 4.78 is 1.03. The molecule has 1 rings (SSSR count). The Hall–Kier alpha value is -0.410. The number of nitrogens with zero attached hydrogens (tertiary/aromatic N) is 1. The van der Waals surface area contributed by atoms with Crippen molar-refractivity contribution < 1.29 is 0 Å². The fourth-order valence-electron chi connectivity index (χ4n) is 1.02. The lowest BCUT2D eigenvalue weighted by molar-refractivity contribution is 0.374. The predicted octanol–water partition coefficient (Wildman–Crippen LogP) is 3.12. The summed E-state index contributed by atoms with van der Waals surface area (Å²) in [6.45, 7) is 7.47. The third-order valence-electron chi connectivity index (χ3n) is 2.42. The summed E-state index contributed by atoms with van der Waals surface area (Å²) in [5.74, 6) is 0. The van der Waals surface area contributed by atoms with Crippen LogP contribution in [0.3, 0.4) is 0 Å². The van der Waals surface area contributed by atoms with Gasteiger partial charge in [0.15, 0.2) is 0 Å². The van der Waals surface area contributed by atoms with Crippen molar-refractivity contribution in [3.05, 3.63) is 28.5 Å². The van der Waals surface area contributed by atoms with Crippen molar-refractivity contribution in [2.45, 2.75) is 39.3 Å². The van der Waals surface area contributed by atoms with Crippen molar-refractivity contribution in [1.82, 2.24) is 10.3 Å². The van der Waals surface area contributed by atoms with E-state index in [4.69, 9.17) is 0 Å². The van der Waals surface area contributed by atoms with E-state index in [1.54, 1.807) is 6.20 Å². The molecule has 0 radical (unpaired) electrons. The average Bonchev–Trinajstić information content (AvgIpc) is 2.15. The van der Waals surface area contributed by atoms with Crippen LogP contribution >= 0.6 is 15.9 Å². The predicted molar refractivity (Wildman–Crippen MR) is 63.1 cm³/mol. The van der Waals surface area contributed by atoms with E-state index in [1.165, 1.54) is 5.56 Å². The Morgan fingerprint density at radius 3 is 2.71 bits per heavy atom. The van der Waals surface area contributed by atoms with Crippen molar-refractivity contribution in [2.24, 2.45) is 0 Å². The SMILES string of the molecule is CCC(C)(C)NCc1cncc(Br)c1. The maximum atomic E-state index is 4.12. The first kappa shape index (κ1) is 11.7. The molecule has 78 valence electrons. The van der Waals surface area contributed by atoms with Gasteiger partial charge in [0.1, 0.15) is 0 Å². The molecule has 0 amide bonds. The van der Waals surface area contributed by atoms with Gasteiger partial charge in [0.2, 0.25) is 0 Å². The van der Waals surface area contributed by atoms with Gasteiger partial charge in [0.25, 0.3) is 0 Å². The lowest BCUT2D eigenvalue weighted by Crippen LogP contribution is -2.37. The number of hydrogen-bond acceptors (Lipinski definition) is 2. The molecule has 14 heavy (non-hydrogen) atoms. The fourth-order valence-corrected chi connectivity index (χ4v) is 1.43. The molecule has 0 atom stereocenters. The quantitative estimate of drug-likeness (QED) is 0.896. The van der Waals surface area contributed by atoms with E-state index in [0.29, 0.717) is 0 Å². The number of halogens is 1. The summed E-state index contributed by atoms with van der Waals surface area (Å²) in [5, 5.41) is 3.49. The van der Waals surface area contributed by atoms with E-state index < -0.39 is 0 Å². The summed E-state index contributed by atoms with van der Waals surface area (Å²) >= 11 is 3.41. The summed E-state index contributed by atoms with van der Waals surface area (Å²) in [7, 11) is 0. The van der Waals surface area contributed by atoms with Gasteiger partial charge in [-0.25, -0.2) is 0 Å². The molecule has 0 aliphatic heterocycles. The smallest absolute Gasteiger partial charge is 0.0410 e. The molecule has 1 aromatic heterocycles. The zero-order chi connectivity index (χ0) is 10.6. The van der Waals surface area contributed by atoms with Gasteiger partial charge >= 0.3 is 0 Å². The van der Waals surface area contributed by atoms with E-state index in [0.717, 1.165) is 17.4 Å². The standard InChI is InChI=1S/C11H17BrN2/c1-4-11(2,3)14-7-9-5-10(12)8-13-6-9/h5-6,8,14H,4,7H2,1-3H3. The van der Waals surface area contributed by atoms with Crippen LogP contribution in [0.15, 0.2) is 22.9 Å². The largest absolute Gasteiger partial charge is 0.308 e. The maximum absolute atomic E-state index is 4.12. The Bertz CT molecular complexity index is 297. The second kappa shape index (κ2) is 4.89. The van der Waals surface area contributed by atoms with Crippen molar-refractivity contribution in [3.63, 3.8) is 0 Å². The summed E-state index contributed by atoms with van der Waals surface area (Å²) in [5.41, 5.74) is 1.41. The lowest BCUT2D eigenvalue weighted by Gasteiger charge is -2.24. The highest BCUT2D eigenvalue weighted by Gasteiger charge is 2.13. The van der Waals surface area contributed by atoms with Gasteiger partial charge < -0.3 is 5.32 Å². The highest BCUT2D eigenvalue weighted by Crippen LogP contribution is 2.12. The summed E-state index contributed by atoms with van der Waals surface area (Å²) in [6, 6.07) is 2.09. The third kappa shape index (κ3) is 3.76. The van der Waals surface area contributed by atoms with Gasteiger partial charge in [-0.15, -0.1) is 0 Å². The van der Waals surface area contributed by atoms with Crippen molar-refractivity contribution in [1.29, 1.82) is 0 Å². The highest BCUT2D eigenvalue weighted by molar-refractivity contribution is 9.10. The molecular formula is C11H17BrN2. The Kier molecular flexibility index (Phi) is 4.08.